The van der Waals surface area contributed by atoms with E-state index < -0.39 is 0 Å². The van der Waals surface area contributed by atoms with Crippen molar-refractivity contribution in [2.45, 2.75) is 39.0 Å². The zero-order chi connectivity index (χ0) is 37.8. The third-order valence-electron chi connectivity index (χ3n) is 11.5. The van der Waals surface area contributed by atoms with Gasteiger partial charge in [-0.15, -0.1) is 0 Å². The van der Waals surface area contributed by atoms with Gasteiger partial charge in [0.2, 0.25) is 0 Å². The van der Waals surface area contributed by atoms with Gasteiger partial charge in [0, 0.05) is 5.92 Å². The molecule has 0 amide bonds. The van der Waals surface area contributed by atoms with Crippen LogP contribution in [0.2, 0.25) is 0 Å². The maximum absolute atomic E-state index is 2.46. The first-order chi connectivity index (χ1) is 27.6. The van der Waals surface area contributed by atoms with Gasteiger partial charge in [-0.1, -0.05) is 164 Å². The van der Waals surface area contributed by atoms with Gasteiger partial charge in [0.15, 0.2) is 0 Å². The van der Waals surface area contributed by atoms with Gasteiger partial charge in [-0.25, -0.2) is 0 Å². The number of hydrogen-bond acceptors (Lipinski definition) is 0. The zero-order valence-corrected chi connectivity index (χ0v) is 32.3. The fourth-order valence-corrected chi connectivity index (χ4v) is 8.46. The molecule has 7 aromatic carbocycles. The van der Waals surface area contributed by atoms with Crippen LogP contribution < -0.4 is 0 Å². The van der Waals surface area contributed by atoms with Gasteiger partial charge >= 0.3 is 0 Å². The molecule has 0 aromatic heterocycles. The minimum atomic E-state index is 0.373. The second kappa shape index (κ2) is 15.7. The van der Waals surface area contributed by atoms with Crippen molar-refractivity contribution in [2.75, 3.05) is 0 Å². The molecule has 7 aromatic rings. The van der Waals surface area contributed by atoms with Crippen LogP contribution in [-0.4, -0.2) is 0 Å². The van der Waals surface area contributed by atoms with Crippen LogP contribution in [0.25, 0.3) is 66.8 Å². The smallest absolute Gasteiger partial charge is 0.00561 e. The molecule has 0 bridgehead atoms. The van der Waals surface area contributed by atoms with E-state index in [2.05, 4.69) is 214 Å². The van der Waals surface area contributed by atoms with Crippen LogP contribution >= 0.6 is 0 Å². The summed E-state index contributed by atoms with van der Waals surface area (Å²) in [5.74, 6) is 0.373. The molecule has 56 heavy (non-hydrogen) atoms. The second-order valence-corrected chi connectivity index (χ2v) is 15.3. The Balaban J connectivity index is 1.16. The van der Waals surface area contributed by atoms with Crippen molar-refractivity contribution in [1.82, 2.24) is 0 Å². The van der Waals surface area contributed by atoms with E-state index in [4.69, 9.17) is 0 Å². The molecule has 0 saturated carbocycles. The molecular formula is C56H46. The van der Waals surface area contributed by atoms with Crippen LogP contribution in [0.1, 0.15) is 53.0 Å². The Morgan fingerprint density at radius 2 is 0.893 bits per heavy atom. The monoisotopic (exact) mass is 718 g/mol. The maximum atomic E-state index is 2.46. The lowest BCUT2D eigenvalue weighted by atomic mass is 9.82. The van der Waals surface area contributed by atoms with E-state index >= 15 is 0 Å². The molecule has 0 heteroatoms. The molecule has 9 rings (SSSR count). The molecule has 270 valence electrons. The summed E-state index contributed by atoms with van der Waals surface area (Å²) in [5.41, 5.74) is 21.8. The van der Waals surface area contributed by atoms with Crippen LogP contribution in [0.3, 0.4) is 0 Å². The number of hydrogen-bond donors (Lipinski definition) is 0. The maximum Gasteiger partial charge on any atom is 0.00561 e. The van der Waals surface area contributed by atoms with E-state index in [1.165, 1.54) is 94.6 Å². The van der Waals surface area contributed by atoms with Crippen molar-refractivity contribution < 1.29 is 0 Å². The summed E-state index contributed by atoms with van der Waals surface area (Å²) in [7, 11) is 0. The van der Waals surface area contributed by atoms with E-state index in [0.717, 1.165) is 19.3 Å². The molecule has 2 aliphatic rings. The van der Waals surface area contributed by atoms with Crippen molar-refractivity contribution in [3.05, 3.63) is 228 Å². The first kappa shape index (κ1) is 35.2. The Kier molecular flexibility index (Phi) is 9.87. The molecule has 0 N–H and O–H groups in total. The second-order valence-electron chi connectivity index (χ2n) is 15.3. The highest BCUT2D eigenvalue weighted by molar-refractivity contribution is 5.99. The van der Waals surface area contributed by atoms with Crippen molar-refractivity contribution in [3.63, 3.8) is 0 Å². The van der Waals surface area contributed by atoms with Crippen LogP contribution in [0, 0.1) is 13.8 Å². The van der Waals surface area contributed by atoms with Gasteiger partial charge in [0.05, 0.1) is 0 Å². The molecular weight excluding hydrogens is 673 g/mol. The normalized spacial score (nSPS) is 15.0. The van der Waals surface area contributed by atoms with E-state index in [0.29, 0.717) is 5.92 Å². The van der Waals surface area contributed by atoms with Gasteiger partial charge in [0.1, 0.15) is 0 Å². The molecule has 0 spiro atoms. The largest absolute Gasteiger partial charge is 0.0836 e. The predicted octanol–water partition coefficient (Wildman–Crippen LogP) is 15.5. The van der Waals surface area contributed by atoms with Gasteiger partial charge in [-0.3, -0.25) is 0 Å². The molecule has 1 unspecified atom stereocenters. The van der Waals surface area contributed by atoms with Crippen molar-refractivity contribution >= 4 is 11.1 Å². The highest BCUT2D eigenvalue weighted by Gasteiger charge is 2.19. The molecule has 0 radical (unpaired) electrons. The van der Waals surface area contributed by atoms with E-state index in [9.17, 15) is 0 Å². The minimum absolute atomic E-state index is 0.373. The quantitative estimate of drug-likeness (QED) is 0.147. The molecule has 1 atom stereocenters. The van der Waals surface area contributed by atoms with Gasteiger partial charge in [-0.05, 0) is 164 Å². The topological polar surface area (TPSA) is 0 Å². The highest BCUT2D eigenvalue weighted by atomic mass is 14.2. The first-order valence-corrected chi connectivity index (χ1v) is 20.0. The summed E-state index contributed by atoms with van der Waals surface area (Å²) in [6.45, 7) is 4.53. The summed E-state index contributed by atoms with van der Waals surface area (Å²) in [6, 6.07) is 60.7. The summed E-state index contributed by atoms with van der Waals surface area (Å²) in [5, 5.41) is 0. The van der Waals surface area contributed by atoms with Gasteiger partial charge in [0.25, 0.3) is 0 Å². The Labute approximate surface area is 332 Å². The van der Waals surface area contributed by atoms with Crippen LogP contribution in [0.5, 0.6) is 0 Å². The third-order valence-corrected chi connectivity index (χ3v) is 11.5. The van der Waals surface area contributed by atoms with E-state index in [1.54, 1.807) is 0 Å². The van der Waals surface area contributed by atoms with Crippen LogP contribution in [0.4, 0.5) is 0 Å². The lowest BCUT2D eigenvalue weighted by Gasteiger charge is -2.22. The fraction of sp³-hybridized carbons (Fsp3) is 0.107. The molecule has 0 nitrogen and oxygen atoms in total. The number of rotatable bonds is 8. The molecule has 0 aliphatic heterocycles. The molecule has 0 fully saturated rings. The summed E-state index contributed by atoms with van der Waals surface area (Å²) >= 11 is 0. The third kappa shape index (κ3) is 7.31. The van der Waals surface area contributed by atoms with E-state index in [1.807, 2.05) is 0 Å². The number of benzene rings is 7. The summed E-state index contributed by atoms with van der Waals surface area (Å²) in [4.78, 5) is 0. The van der Waals surface area contributed by atoms with Crippen LogP contribution in [0.15, 0.2) is 200 Å². The average Bonchev–Trinajstić information content (AvgIpc) is 3.27. The van der Waals surface area contributed by atoms with Crippen molar-refractivity contribution in [1.29, 1.82) is 0 Å². The highest BCUT2D eigenvalue weighted by Crippen LogP contribution is 2.42. The Morgan fingerprint density at radius 3 is 1.43 bits per heavy atom. The zero-order valence-electron chi connectivity index (χ0n) is 32.3. The minimum Gasteiger partial charge on any atom is -0.0836 e. The summed E-state index contributed by atoms with van der Waals surface area (Å²) in [6.07, 6.45) is 16.8. The lowest BCUT2D eigenvalue weighted by molar-refractivity contribution is 0.854. The Bertz CT molecular complexity index is 2590. The number of aryl methyl sites for hydroxylation is 2. The van der Waals surface area contributed by atoms with Crippen molar-refractivity contribution in [3.8, 4) is 55.6 Å². The molecule has 0 heterocycles. The van der Waals surface area contributed by atoms with Gasteiger partial charge in [-0.2, -0.15) is 0 Å². The average molecular weight is 719 g/mol. The predicted molar refractivity (Wildman–Crippen MR) is 240 cm³/mol. The first-order valence-electron chi connectivity index (χ1n) is 20.0. The Hall–Kier alpha value is -6.50. The standard InChI is InChI=1S/C56H46/c1-39-27-29-45(51-33-47(41-17-7-3-8-18-41)31-48(34-51)42-19-9-4-10-20-42)37-55(39)53-25-15-16-26-54(53)56-38-46(30-28-40(56)2)52-35-49(43-21-11-5-12-22-43)32-50(36-52)44-23-13-6-14-24-44/h3-15,17-23,25,27-38,44H,16,24,26H2,1-2H3. The summed E-state index contributed by atoms with van der Waals surface area (Å²) < 4.78 is 0. The lowest BCUT2D eigenvalue weighted by Crippen LogP contribution is -2.00. The SMILES string of the molecule is Cc1ccc(-c2cc(-c3ccccc3)cc(-c3ccccc3)c2)cc1C1=C(c2cc(-c3cc(-c4ccccc4)cc(C4C=CC=CC4)c3)ccc2C)CCC=C1. The fourth-order valence-electron chi connectivity index (χ4n) is 8.46. The molecule has 2 aliphatic carbocycles. The number of allylic oxidation sites excluding steroid dienone is 8. The Morgan fingerprint density at radius 1 is 0.411 bits per heavy atom. The van der Waals surface area contributed by atoms with E-state index in [-0.39, 0.29) is 0 Å². The van der Waals surface area contributed by atoms with Crippen molar-refractivity contribution in [2.24, 2.45) is 0 Å². The molecule has 0 saturated heterocycles. The van der Waals surface area contributed by atoms with Gasteiger partial charge < -0.3 is 0 Å². The van der Waals surface area contributed by atoms with Crippen LogP contribution in [-0.2, 0) is 0 Å².